The number of imidazole rings is 1. The standard InChI is InChI=1S/C19H13N3O3S/c1-24-16-10-12(6-7-15(16)25-9-8-20)11-17-18(23)22-14-5-3-2-4-13(14)21-19(22)26-17/h2-7,10-11H,9H2,1H3/b17-11-. The summed E-state index contributed by atoms with van der Waals surface area (Å²) in [7, 11) is 1.53. The molecule has 0 bridgehead atoms. The van der Waals surface area contributed by atoms with Crippen molar-refractivity contribution < 1.29 is 9.47 Å². The van der Waals surface area contributed by atoms with Crippen LogP contribution in [0.5, 0.6) is 11.5 Å². The first kappa shape index (κ1) is 16.1. The molecule has 0 aliphatic rings. The molecule has 0 fully saturated rings. The predicted octanol–water partition coefficient (Wildman–Crippen LogP) is 2.37. The first-order valence-electron chi connectivity index (χ1n) is 7.81. The van der Waals surface area contributed by atoms with Gasteiger partial charge in [-0.25, -0.2) is 9.38 Å². The van der Waals surface area contributed by atoms with E-state index in [9.17, 15) is 4.79 Å². The summed E-state index contributed by atoms with van der Waals surface area (Å²) >= 11 is 1.34. The van der Waals surface area contributed by atoms with E-state index in [1.807, 2.05) is 36.4 Å². The van der Waals surface area contributed by atoms with Gasteiger partial charge < -0.3 is 9.47 Å². The van der Waals surface area contributed by atoms with E-state index in [2.05, 4.69) is 4.98 Å². The van der Waals surface area contributed by atoms with Crippen LogP contribution >= 0.6 is 11.3 Å². The van der Waals surface area contributed by atoms with Gasteiger partial charge in [0, 0.05) is 0 Å². The van der Waals surface area contributed by atoms with Crippen LogP contribution < -0.4 is 19.6 Å². The average molecular weight is 363 g/mol. The van der Waals surface area contributed by atoms with E-state index in [0.29, 0.717) is 21.0 Å². The fraction of sp³-hybridized carbons (Fsp3) is 0.105. The molecule has 26 heavy (non-hydrogen) atoms. The Morgan fingerprint density at radius 1 is 1.27 bits per heavy atom. The third-order valence-corrected chi connectivity index (χ3v) is 4.89. The number of rotatable bonds is 4. The number of fused-ring (bicyclic) bond motifs is 3. The third kappa shape index (κ3) is 2.66. The van der Waals surface area contributed by atoms with Gasteiger partial charge in [-0.05, 0) is 35.9 Å². The van der Waals surface area contributed by atoms with Gasteiger partial charge in [0.05, 0.1) is 22.7 Å². The normalized spacial score (nSPS) is 11.8. The number of aromatic nitrogens is 2. The van der Waals surface area contributed by atoms with Crippen molar-refractivity contribution in [1.29, 1.82) is 5.26 Å². The number of thiazole rings is 1. The fourth-order valence-corrected chi connectivity index (χ4v) is 3.75. The van der Waals surface area contributed by atoms with Gasteiger partial charge in [-0.15, -0.1) is 0 Å². The number of hydrogen-bond donors (Lipinski definition) is 0. The monoisotopic (exact) mass is 363 g/mol. The topological polar surface area (TPSA) is 76.6 Å². The van der Waals surface area contributed by atoms with E-state index in [4.69, 9.17) is 14.7 Å². The summed E-state index contributed by atoms with van der Waals surface area (Å²) in [5.74, 6) is 0.994. The molecule has 2 aromatic carbocycles. The summed E-state index contributed by atoms with van der Waals surface area (Å²) in [5.41, 5.74) is 2.32. The number of ether oxygens (including phenoxy) is 2. The van der Waals surface area contributed by atoms with Gasteiger partial charge in [-0.2, -0.15) is 5.26 Å². The Labute approximate surface area is 152 Å². The van der Waals surface area contributed by atoms with Crippen molar-refractivity contribution in [3.63, 3.8) is 0 Å². The van der Waals surface area contributed by atoms with Gasteiger partial charge in [0.1, 0.15) is 6.07 Å². The molecule has 0 saturated heterocycles. The van der Waals surface area contributed by atoms with Crippen molar-refractivity contribution in [2.75, 3.05) is 13.7 Å². The van der Waals surface area contributed by atoms with E-state index in [-0.39, 0.29) is 12.2 Å². The van der Waals surface area contributed by atoms with E-state index >= 15 is 0 Å². The van der Waals surface area contributed by atoms with Gasteiger partial charge in [-0.1, -0.05) is 29.5 Å². The Morgan fingerprint density at radius 3 is 2.92 bits per heavy atom. The van der Waals surface area contributed by atoms with Crippen molar-refractivity contribution in [2.24, 2.45) is 0 Å². The molecule has 0 atom stereocenters. The molecule has 0 aliphatic heterocycles. The molecule has 4 aromatic rings. The van der Waals surface area contributed by atoms with Crippen LogP contribution in [-0.2, 0) is 0 Å². The van der Waals surface area contributed by atoms with Crippen LogP contribution in [0.3, 0.4) is 0 Å². The quantitative estimate of drug-likeness (QED) is 0.556. The molecule has 0 spiro atoms. The van der Waals surface area contributed by atoms with E-state index in [1.54, 1.807) is 22.6 Å². The highest BCUT2D eigenvalue weighted by atomic mass is 32.1. The van der Waals surface area contributed by atoms with Crippen molar-refractivity contribution in [3.8, 4) is 17.6 Å². The van der Waals surface area contributed by atoms with Crippen molar-refractivity contribution in [2.45, 2.75) is 0 Å². The van der Waals surface area contributed by atoms with Crippen molar-refractivity contribution >= 4 is 33.4 Å². The van der Waals surface area contributed by atoms with Crippen molar-refractivity contribution in [3.05, 3.63) is 62.9 Å². The van der Waals surface area contributed by atoms with Crippen LogP contribution in [0.25, 0.3) is 22.1 Å². The molecule has 2 heterocycles. The lowest BCUT2D eigenvalue weighted by Gasteiger charge is -2.08. The third-order valence-electron chi connectivity index (χ3n) is 3.92. The minimum absolute atomic E-state index is 0.0562. The molecule has 4 rings (SSSR count). The van der Waals surface area contributed by atoms with Crippen LogP contribution in [-0.4, -0.2) is 23.1 Å². The molecular weight excluding hydrogens is 350 g/mol. The molecule has 0 radical (unpaired) electrons. The minimum Gasteiger partial charge on any atom is -0.493 e. The van der Waals surface area contributed by atoms with Gasteiger partial charge >= 0.3 is 0 Å². The molecule has 2 aromatic heterocycles. The van der Waals surface area contributed by atoms with Gasteiger partial charge in [0.25, 0.3) is 5.56 Å². The minimum atomic E-state index is -0.0949. The Kier molecular flexibility index (Phi) is 4.03. The zero-order valence-corrected chi connectivity index (χ0v) is 14.6. The van der Waals surface area contributed by atoms with E-state index < -0.39 is 0 Å². The summed E-state index contributed by atoms with van der Waals surface area (Å²) in [6, 6.07) is 14.8. The van der Waals surface area contributed by atoms with Crippen LogP contribution in [0.4, 0.5) is 0 Å². The van der Waals surface area contributed by atoms with E-state index in [1.165, 1.54) is 18.4 Å². The molecule has 128 valence electrons. The Morgan fingerprint density at radius 2 is 2.12 bits per heavy atom. The molecule has 0 N–H and O–H groups in total. The number of nitriles is 1. The first-order valence-corrected chi connectivity index (χ1v) is 8.62. The van der Waals surface area contributed by atoms with E-state index in [0.717, 1.165) is 16.6 Å². The zero-order valence-electron chi connectivity index (χ0n) is 13.8. The number of para-hydroxylation sites is 2. The maximum Gasteiger partial charge on any atom is 0.274 e. The first-order chi connectivity index (χ1) is 12.7. The fourth-order valence-electron chi connectivity index (χ4n) is 2.77. The highest BCUT2D eigenvalue weighted by Gasteiger charge is 2.11. The summed E-state index contributed by atoms with van der Waals surface area (Å²) in [5, 5.41) is 8.63. The second-order valence-electron chi connectivity index (χ2n) is 5.49. The molecule has 6 nitrogen and oxygen atoms in total. The highest BCUT2D eigenvalue weighted by molar-refractivity contribution is 7.15. The SMILES string of the molecule is COc1cc(/C=c2\sc3nc4ccccc4n3c2=O)ccc1OCC#N. The summed E-state index contributed by atoms with van der Waals surface area (Å²) < 4.78 is 12.8. The molecular formula is C19H13N3O3S. The lowest BCUT2D eigenvalue weighted by molar-refractivity contribution is 0.329. The Balaban J connectivity index is 1.82. The maximum atomic E-state index is 12.8. The number of benzene rings is 2. The summed E-state index contributed by atoms with van der Waals surface area (Å²) in [6.07, 6.45) is 1.80. The van der Waals surface area contributed by atoms with Crippen LogP contribution in [0.1, 0.15) is 5.56 Å². The van der Waals surface area contributed by atoms with Crippen LogP contribution in [0.2, 0.25) is 0 Å². The zero-order chi connectivity index (χ0) is 18.1. The molecule has 0 unspecified atom stereocenters. The second kappa shape index (κ2) is 6.50. The number of nitrogens with zero attached hydrogens (tertiary/aromatic N) is 3. The number of methoxy groups -OCH3 is 1. The van der Waals surface area contributed by atoms with Crippen LogP contribution in [0.15, 0.2) is 47.3 Å². The Bertz CT molecular complexity index is 1270. The summed E-state index contributed by atoms with van der Waals surface area (Å²) in [6.45, 7) is -0.0562. The maximum absolute atomic E-state index is 12.8. The predicted molar refractivity (Wildman–Crippen MR) is 99.7 cm³/mol. The number of hydrogen-bond acceptors (Lipinski definition) is 6. The Hall–Kier alpha value is -3.37. The van der Waals surface area contributed by atoms with Crippen LogP contribution in [0, 0.1) is 11.3 Å². The average Bonchev–Trinajstić information content (AvgIpc) is 3.17. The highest BCUT2D eigenvalue weighted by Crippen LogP contribution is 2.28. The van der Waals surface area contributed by atoms with Gasteiger partial charge in [-0.3, -0.25) is 4.79 Å². The molecule has 0 aliphatic carbocycles. The lowest BCUT2D eigenvalue weighted by atomic mass is 10.2. The van der Waals surface area contributed by atoms with Gasteiger partial charge in [0.2, 0.25) is 0 Å². The molecule has 7 heteroatoms. The molecule has 0 saturated carbocycles. The molecule has 0 amide bonds. The summed E-state index contributed by atoms with van der Waals surface area (Å²) in [4.78, 5) is 18.0. The largest absolute Gasteiger partial charge is 0.493 e. The lowest BCUT2D eigenvalue weighted by Crippen LogP contribution is -2.22. The van der Waals surface area contributed by atoms with Gasteiger partial charge in [0.15, 0.2) is 23.1 Å². The smallest absolute Gasteiger partial charge is 0.274 e. The second-order valence-corrected chi connectivity index (χ2v) is 6.50. The van der Waals surface area contributed by atoms with Crippen molar-refractivity contribution in [1.82, 2.24) is 9.38 Å².